The second-order valence-corrected chi connectivity index (χ2v) is 7.83. The number of carbonyl (C=O) groups is 1. The molecule has 1 fully saturated rings. The lowest BCUT2D eigenvalue weighted by atomic mass is 9.97. The second-order valence-electron chi connectivity index (χ2n) is 7.83. The molecule has 170 valence electrons. The lowest BCUT2D eigenvalue weighted by Crippen LogP contribution is -2.47. The van der Waals surface area contributed by atoms with Gasteiger partial charge in [0.1, 0.15) is 5.82 Å². The van der Waals surface area contributed by atoms with Crippen LogP contribution in [-0.2, 0) is 25.7 Å². The molecule has 0 aliphatic carbocycles. The first-order chi connectivity index (χ1) is 14.7. The molecule has 1 unspecified atom stereocenters. The van der Waals surface area contributed by atoms with Crippen LogP contribution in [0.25, 0.3) is 0 Å². The van der Waals surface area contributed by atoms with Gasteiger partial charge in [-0.3, -0.25) is 4.90 Å². The van der Waals surface area contributed by atoms with Gasteiger partial charge < -0.3 is 20.3 Å². The molecule has 2 aromatic rings. The van der Waals surface area contributed by atoms with Crippen molar-refractivity contribution in [1.82, 2.24) is 25.1 Å². The maximum atomic E-state index is 13.5. The van der Waals surface area contributed by atoms with E-state index >= 15 is 0 Å². The van der Waals surface area contributed by atoms with Crippen LogP contribution in [0.2, 0.25) is 0 Å². The maximum absolute atomic E-state index is 13.5. The average Bonchev–Trinajstić information content (AvgIpc) is 3.38. The minimum atomic E-state index is -4.93. The Labute approximate surface area is 179 Å². The fourth-order valence-corrected chi connectivity index (χ4v) is 3.81. The van der Waals surface area contributed by atoms with Crippen LogP contribution in [0, 0.1) is 0 Å². The number of amides is 2. The van der Waals surface area contributed by atoms with E-state index < -0.39 is 30.1 Å². The fourth-order valence-electron chi connectivity index (χ4n) is 3.81. The number of carbonyl (C=O) groups excluding carboxylic acids is 1. The van der Waals surface area contributed by atoms with Gasteiger partial charge in [0.2, 0.25) is 5.60 Å². The van der Waals surface area contributed by atoms with Crippen molar-refractivity contribution in [3.63, 3.8) is 0 Å². The molecule has 7 nitrogen and oxygen atoms in total. The maximum Gasteiger partial charge on any atom is 0.424 e. The highest BCUT2D eigenvalue weighted by molar-refractivity contribution is 5.73. The molecule has 1 aliphatic heterocycles. The number of urea groups is 1. The molecule has 1 aromatic carbocycles. The summed E-state index contributed by atoms with van der Waals surface area (Å²) in [5.74, 6) is -0.516. The van der Waals surface area contributed by atoms with Gasteiger partial charge in [-0.2, -0.15) is 13.2 Å². The number of aliphatic hydroxyl groups is 1. The van der Waals surface area contributed by atoms with E-state index in [9.17, 15) is 23.1 Å². The Morgan fingerprint density at radius 1 is 1.16 bits per heavy atom. The number of rotatable bonds is 8. The molecule has 31 heavy (non-hydrogen) atoms. The molecule has 2 amide bonds. The number of hydrogen-bond acceptors (Lipinski definition) is 4. The van der Waals surface area contributed by atoms with E-state index in [0.717, 1.165) is 35.3 Å². The largest absolute Gasteiger partial charge is 0.424 e. The molecule has 3 N–H and O–H groups in total. The molecule has 1 aromatic heterocycles. The van der Waals surface area contributed by atoms with Crippen LogP contribution in [0.3, 0.4) is 0 Å². The third kappa shape index (κ3) is 5.56. The molecule has 1 aliphatic rings. The van der Waals surface area contributed by atoms with Gasteiger partial charge in [0.05, 0.1) is 0 Å². The third-order valence-electron chi connectivity index (χ3n) is 5.58. The number of benzene rings is 1. The summed E-state index contributed by atoms with van der Waals surface area (Å²) < 4.78 is 41.7. The Morgan fingerprint density at radius 3 is 2.45 bits per heavy atom. The molecule has 10 heteroatoms. The van der Waals surface area contributed by atoms with Crippen molar-refractivity contribution < 1.29 is 23.1 Å². The fraction of sp³-hybridized carbons (Fsp3) is 0.524. The average molecular weight is 439 g/mol. The van der Waals surface area contributed by atoms with Crippen LogP contribution < -0.4 is 10.6 Å². The predicted octanol–water partition coefficient (Wildman–Crippen LogP) is 2.66. The zero-order valence-corrected chi connectivity index (χ0v) is 17.5. The Kier molecular flexibility index (Phi) is 7.22. The van der Waals surface area contributed by atoms with Crippen molar-refractivity contribution in [3.05, 3.63) is 53.6 Å². The lowest BCUT2D eigenvalue weighted by molar-refractivity contribution is -0.272. The van der Waals surface area contributed by atoms with E-state index in [-0.39, 0.29) is 13.1 Å². The SMILES string of the molecule is Cn1ccnc1C(O)(CCNC(=O)NCc1ccccc1CN1CCCC1)C(F)(F)F. The smallest absolute Gasteiger partial charge is 0.374 e. The zero-order valence-electron chi connectivity index (χ0n) is 17.5. The van der Waals surface area contributed by atoms with Gasteiger partial charge in [-0.15, -0.1) is 0 Å². The van der Waals surface area contributed by atoms with Gasteiger partial charge in [-0.1, -0.05) is 24.3 Å². The number of nitrogens with one attached hydrogen (secondary N) is 2. The Bertz CT molecular complexity index is 880. The molecule has 3 rings (SSSR count). The summed E-state index contributed by atoms with van der Waals surface area (Å²) in [5, 5.41) is 15.4. The molecule has 2 heterocycles. The normalized spacial score (nSPS) is 16.8. The lowest BCUT2D eigenvalue weighted by Gasteiger charge is -2.30. The van der Waals surface area contributed by atoms with Crippen LogP contribution in [-0.4, -0.2) is 51.4 Å². The summed E-state index contributed by atoms with van der Waals surface area (Å²) in [7, 11) is 1.37. The first kappa shape index (κ1) is 23.1. The second kappa shape index (κ2) is 9.69. The van der Waals surface area contributed by atoms with Gasteiger partial charge in [0.25, 0.3) is 0 Å². The van der Waals surface area contributed by atoms with E-state index in [2.05, 4.69) is 20.5 Å². The number of alkyl halides is 3. The van der Waals surface area contributed by atoms with E-state index in [4.69, 9.17) is 0 Å². The van der Waals surface area contributed by atoms with Crippen molar-refractivity contribution in [2.24, 2.45) is 7.05 Å². The topological polar surface area (TPSA) is 82.4 Å². The molecule has 0 radical (unpaired) electrons. The van der Waals surface area contributed by atoms with Gasteiger partial charge in [-0.05, 0) is 37.1 Å². The molecule has 0 saturated carbocycles. The number of imidazole rings is 1. The predicted molar refractivity (Wildman–Crippen MR) is 109 cm³/mol. The van der Waals surface area contributed by atoms with Crippen LogP contribution in [0.4, 0.5) is 18.0 Å². The van der Waals surface area contributed by atoms with Crippen LogP contribution in [0.5, 0.6) is 0 Å². The number of aryl methyl sites for hydroxylation is 1. The first-order valence-electron chi connectivity index (χ1n) is 10.3. The molecule has 1 saturated heterocycles. The van der Waals surface area contributed by atoms with Gasteiger partial charge in [-0.25, -0.2) is 9.78 Å². The molecular weight excluding hydrogens is 411 g/mol. The van der Waals surface area contributed by atoms with E-state index in [1.165, 1.54) is 32.3 Å². The number of aromatic nitrogens is 2. The number of likely N-dealkylation sites (tertiary alicyclic amines) is 1. The summed E-state index contributed by atoms with van der Waals surface area (Å²) in [6.45, 7) is 2.81. The minimum Gasteiger partial charge on any atom is -0.374 e. The van der Waals surface area contributed by atoms with Crippen molar-refractivity contribution in [2.75, 3.05) is 19.6 Å². The molecule has 0 spiro atoms. The number of nitrogens with zero attached hydrogens (tertiary/aromatic N) is 3. The van der Waals surface area contributed by atoms with Crippen LogP contribution in [0.1, 0.15) is 36.2 Å². The number of halogens is 3. The zero-order chi connectivity index (χ0) is 22.5. The highest BCUT2D eigenvalue weighted by Crippen LogP contribution is 2.40. The summed E-state index contributed by atoms with van der Waals surface area (Å²) in [5.41, 5.74) is -1.07. The highest BCUT2D eigenvalue weighted by Gasteiger charge is 2.57. The third-order valence-corrected chi connectivity index (χ3v) is 5.58. The minimum absolute atomic E-state index is 0.263. The van der Waals surface area contributed by atoms with Crippen molar-refractivity contribution in [1.29, 1.82) is 0 Å². The molecule has 0 bridgehead atoms. The monoisotopic (exact) mass is 439 g/mol. The Balaban J connectivity index is 1.53. The quantitative estimate of drug-likeness (QED) is 0.591. The summed E-state index contributed by atoms with van der Waals surface area (Å²) >= 11 is 0. The Hall–Kier alpha value is -2.59. The first-order valence-corrected chi connectivity index (χ1v) is 10.3. The Morgan fingerprint density at radius 2 is 1.84 bits per heavy atom. The summed E-state index contributed by atoms with van der Waals surface area (Å²) in [4.78, 5) is 18.1. The summed E-state index contributed by atoms with van der Waals surface area (Å²) in [6, 6.07) is 7.18. The van der Waals surface area contributed by atoms with Crippen molar-refractivity contribution in [2.45, 2.75) is 44.1 Å². The van der Waals surface area contributed by atoms with E-state index in [1.54, 1.807) is 0 Å². The van der Waals surface area contributed by atoms with Crippen molar-refractivity contribution in [3.8, 4) is 0 Å². The van der Waals surface area contributed by atoms with Crippen molar-refractivity contribution >= 4 is 6.03 Å². The van der Waals surface area contributed by atoms with E-state index in [0.29, 0.717) is 0 Å². The molecular formula is C21H28F3N5O2. The van der Waals surface area contributed by atoms with E-state index in [1.807, 2.05) is 24.3 Å². The molecule has 1 atom stereocenters. The van der Waals surface area contributed by atoms with Crippen LogP contribution >= 0.6 is 0 Å². The van der Waals surface area contributed by atoms with Gasteiger partial charge >= 0.3 is 12.2 Å². The highest BCUT2D eigenvalue weighted by atomic mass is 19.4. The number of hydrogen-bond donors (Lipinski definition) is 3. The standard InChI is InChI=1S/C21H28F3N5O2/c1-28-13-10-25-18(28)20(31,21(22,23)24)8-9-26-19(30)27-14-16-6-2-3-7-17(16)15-29-11-4-5-12-29/h2-3,6-7,10,13,31H,4-5,8-9,11-12,14-15H2,1H3,(H2,26,27,30). The van der Waals surface area contributed by atoms with Gasteiger partial charge in [0.15, 0.2) is 0 Å². The summed E-state index contributed by atoms with van der Waals surface area (Å²) in [6.07, 6.45) is -0.798. The van der Waals surface area contributed by atoms with Gasteiger partial charge in [0, 0.05) is 45.5 Å². The van der Waals surface area contributed by atoms with Crippen LogP contribution in [0.15, 0.2) is 36.7 Å².